The summed E-state index contributed by atoms with van der Waals surface area (Å²) in [5, 5.41) is 21.7. The molecule has 7 heteroatoms. The predicted octanol–water partition coefficient (Wildman–Crippen LogP) is 2.41. The minimum absolute atomic E-state index is 0.0837. The fourth-order valence-corrected chi connectivity index (χ4v) is 2.14. The Kier molecular flexibility index (Phi) is 4.76. The van der Waals surface area contributed by atoms with Gasteiger partial charge in [0.2, 0.25) is 0 Å². The van der Waals surface area contributed by atoms with Crippen LogP contribution in [0, 0.1) is 10.1 Å². The molecule has 0 saturated carbocycles. The largest absolute Gasteiger partial charge is 0.380 e. The number of nitro benzene ring substituents is 1. The van der Waals surface area contributed by atoms with Crippen LogP contribution in [0.15, 0.2) is 30.5 Å². The van der Waals surface area contributed by atoms with Gasteiger partial charge in [0, 0.05) is 32.8 Å². The molecule has 21 heavy (non-hydrogen) atoms. The Hall–Kier alpha value is -2.57. The van der Waals surface area contributed by atoms with Crippen molar-refractivity contribution in [2.75, 3.05) is 23.7 Å². The predicted molar refractivity (Wildman–Crippen MR) is 82.7 cm³/mol. The lowest BCUT2D eigenvalue weighted by atomic mass is 10.2. The van der Waals surface area contributed by atoms with E-state index in [4.69, 9.17) is 0 Å². The summed E-state index contributed by atoms with van der Waals surface area (Å²) < 4.78 is 1.74. The molecule has 0 unspecified atom stereocenters. The number of hydrogen-bond donors (Lipinski definition) is 2. The first-order valence-corrected chi connectivity index (χ1v) is 6.85. The lowest BCUT2D eigenvalue weighted by Crippen LogP contribution is -2.09. The van der Waals surface area contributed by atoms with Crippen LogP contribution in [0.5, 0.6) is 0 Å². The number of rotatable bonds is 7. The summed E-state index contributed by atoms with van der Waals surface area (Å²) in [6, 6.07) is 7.17. The molecule has 2 rings (SSSR count). The number of nitrogens with one attached hydrogen (secondary N) is 2. The molecule has 0 atom stereocenters. The van der Waals surface area contributed by atoms with E-state index < -0.39 is 0 Å². The van der Waals surface area contributed by atoms with Crippen LogP contribution in [0.3, 0.4) is 0 Å². The number of para-hydroxylation sites is 1. The number of aryl methyl sites for hydroxylation is 1. The Labute approximate surface area is 123 Å². The number of benzene rings is 1. The average molecular weight is 289 g/mol. The zero-order valence-electron chi connectivity index (χ0n) is 12.2. The van der Waals surface area contributed by atoms with Crippen molar-refractivity contribution >= 4 is 17.1 Å². The molecule has 0 bridgehead atoms. The van der Waals surface area contributed by atoms with E-state index in [-0.39, 0.29) is 10.6 Å². The maximum atomic E-state index is 11.3. The maximum absolute atomic E-state index is 11.3. The molecule has 1 aromatic heterocycles. The highest BCUT2D eigenvalue weighted by Gasteiger charge is 2.18. The average Bonchev–Trinajstić information content (AvgIpc) is 2.85. The van der Waals surface area contributed by atoms with Crippen LogP contribution in [0.25, 0.3) is 0 Å². The number of hydrogen-bond acceptors (Lipinski definition) is 5. The fraction of sp³-hybridized carbons (Fsp3) is 0.357. The van der Waals surface area contributed by atoms with Gasteiger partial charge in [-0.25, -0.2) is 0 Å². The molecule has 0 saturated heterocycles. The van der Waals surface area contributed by atoms with Gasteiger partial charge in [0.25, 0.3) is 0 Å². The minimum atomic E-state index is -0.360. The molecular weight excluding hydrogens is 270 g/mol. The molecule has 0 amide bonds. The zero-order chi connectivity index (χ0) is 15.2. The Morgan fingerprint density at radius 1 is 1.29 bits per heavy atom. The van der Waals surface area contributed by atoms with Gasteiger partial charge in [-0.15, -0.1) is 0 Å². The topological polar surface area (TPSA) is 85.0 Å². The first kappa shape index (κ1) is 14.8. The third-order valence-corrected chi connectivity index (χ3v) is 3.05. The lowest BCUT2D eigenvalue weighted by Gasteiger charge is -2.10. The maximum Gasteiger partial charge on any atom is 0.315 e. The standard InChI is InChI=1S/C14H19N5O2/c1-3-15-12-5-4-6-13(14(12)19(20)21)16-9-7-11-8-10-18(2)17-11/h4-6,8,10,15-16H,3,7,9H2,1-2H3. The Morgan fingerprint density at radius 3 is 2.57 bits per heavy atom. The van der Waals surface area contributed by atoms with Crippen molar-refractivity contribution in [1.29, 1.82) is 0 Å². The first-order valence-electron chi connectivity index (χ1n) is 6.85. The van der Waals surface area contributed by atoms with E-state index in [0.717, 1.165) is 5.69 Å². The molecule has 2 N–H and O–H groups in total. The minimum Gasteiger partial charge on any atom is -0.380 e. The van der Waals surface area contributed by atoms with Gasteiger partial charge >= 0.3 is 5.69 Å². The molecule has 2 aromatic rings. The summed E-state index contributed by atoms with van der Waals surface area (Å²) in [5.74, 6) is 0. The summed E-state index contributed by atoms with van der Waals surface area (Å²) in [7, 11) is 1.86. The van der Waals surface area contributed by atoms with Crippen LogP contribution in [-0.4, -0.2) is 27.8 Å². The Bertz CT molecular complexity index is 624. The molecule has 0 spiro atoms. The van der Waals surface area contributed by atoms with Crippen LogP contribution in [-0.2, 0) is 13.5 Å². The van der Waals surface area contributed by atoms with E-state index in [1.54, 1.807) is 22.9 Å². The summed E-state index contributed by atoms with van der Waals surface area (Å²) in [4.78, 5) is 10.9. The highest BCUT2D eigenvalue weighted by Crippen LogP contribution is 2.32. The van der Waals surface area contributed by atoms with Crippen molar-refractivity contribution in [2.24, 2.45) is 7.05 Å². The van der Waals surface area contributed by atoms with Crippen molar-refractivity contribution in [3.8, 4) is 0 Å². The quantitative estimate of drug-likeness (QED) is 0.604. The van der Waals surface area contributed by atoms with Gasteiger partial charge in [0.05, 0.1) is 10.6 Å². The summed E-state index contributed by atoms with van der Waals surface area (Å²) >= 11 is 0. The molecule has 0 fully saturated rings. The van der Waals surface area contributed by atoms with E-state index >= 15 is 0 Å². The summed E-state index contributed by atoms with van der Waals surface area (Å²) in [5.41, 5.74) is 2.09. The zero-order valence-corrected chi connectivity index (χ0v) is 12.2. The number of anilines is 2. The molecule has 112 valence electrons. The third-order valence-electron chi connectivity index (χ3n) is 3.05. The van der Waals surface area contributed by atoms with Gasteiger partial charge in [-0.3, -0.25) is 14.8 Å². The summed E-state index contributed by atoms with van der Waals surface area (Å²) in [6.45, 7) is 3.14. The van der Waals surface area contributed by atoms with Crippen molar-refractivity contribution in [1.82, 2.24) is 9.78 Å². The van der Waals surface area contributed by atoms with Crippen LogP contribution < -0.4 is 10.6 Å². The van der Waals surface area contributed by atoms with Gasteiger partial charge < -0.3 is 10.6 Å². The number of aromatic nitrogens is 2. The van der Waals surface area contributed by atoms with Gasteiger partial charge in [-0.05, 0) is 25.1 Å². The fourth-order valence-electron chi connectivity index (χ4n) is 2.14. The second-order valence-electron chi connectivity index (χ2n) is 4.65. The highest BCUT2D eigenvalue weighted by atomic mass is 16.6. The second-order valence-corrected chi connectivity index (χ2v) is 4.65. The highest BCUT2D eigenvalue weighted by molar-refractivity contribution is 5.76. The third kappa shape index (κ3) is 3.71. The van der Waals surface area contributed by atoms with E-state index in [0.29, 0.717) is 30.9 Å². The Balaban J connectivity index is 2.08. The van der Waals surface area contributed by atoms with Gasteiger partial charge in [0.1, 0.15) is 11.4 Å². The summed E-state index contributed by atoms with van der Waals surface area (Å²) in [6.07, 6.45) is 2.59. The Morgan fingerprint density at radius 2 is 2.00 bits per heavy atom. The molecule has 0 aliphatic carbocycles. The number of nitro groups is 1. The van der Waals surface area contributed by atoms with E-state index in [1.807, 2.05) is 26.2 Å². The first-order chi connectivity index (χ1) is 10.1. The van der Waals surface area contributed by atoms with Gasteiger partial charge in [0.15, 0.2) is 0 Å². The lowest BCUT2D eigenvalue weighted by molar-refractivity contribution is -0.383. The smallest absolute Gasteiger partial charge is 0.315 e. The van der Waals surface area contributed by atoms with Crippen LogP contribution in [0.1, 0.15) is 12.6 Å². The van der Waals surface area contributed by atoms with Gasteiger partial charge in [-0.2, -0.15) is 5.10 Å². The normalized spacial score (nSPS) is 10.4. The molecular formula is C14H19N5O2. The van der Waals surface area contributed by atoms with Crippen molar-refractivity contribution in [3.05, 3.63) is 46.3 Å². The number of nitrogens with zero attached hydrogens (tertiary/aromatic N) is 3. The molecule has 1 aromatic carbocycles. The molecule has 7 nitrogen and oxygen atoms in total. The van der Waals surface area contributed by atoms with E-state index in [2.05, 4.69) is 15.7 Å². The van der Waals surface area contributed by atoms with E-state index in [9.17, 15) is 10.1 Å². The molecule has 0 aliphatic rings. The van der Waals surface area contributed by atoms with Crippen LogP contribution >= 0.6 is 0 Å². The van der Waals surface area contributed by atoms with Crippen molar-refractivity contribution in [2.45, 2.75) is 13.3 Å². The second kappa shape index (κ2) is 6.74. The van der Waals surface area contributed by atoms with Crippen molar-refractivity contribution < 1.29 is 4.92 Å². The van der Waals surface area contributed by atoms with Crippen LogP contribution in [0.4, 0.5) is 17.1 Å². The van der Waals surface area contributed by atoms with E-state index in [1.165, 1.54) is 0 Å². The molecule has 0 aliphatic heterocycles. The molecule has 1 heterocycles. The molecule has 0 radical (unpaired) electrons. The SMILES string of the molecule is CCNc1cccc(NCCc2ccn(C)n2)c1[N+](=O)[O-]. The van der Waals surface area contributed by atoms with Crippen LogP contribution in [0.2, 0.25) is 0 Å². The monoisotopic (exact) mass is 289 g/mol. The van der Waals surface area contributed by atoms with Crippen molar-refractivity contribution in [3.63, 3.8) is 0 Å². The van der Waals surface area contributed by atoms with Gasteiger partial charge in [-0.1, -0.05) is 6.07 Å².